The molecule has 1 N–H and O–H groups in total. The number of nitro groups is 1. The SMILES string of the molecule is Cc1nnnn1-c1ccc(F)c(NC(=O)c2ccc(Br)c([N+](=O)[O-])c2)c1. The van der Waals surface area contributed by atoms with Crippen LogP contribution in [0.3, 0.4) is 0 Å². The summed E-state index contributed by atoms with van der Waals surface area (Å²) in [5.41, 5.74) is 0.0958. The van der Waals surface area contributed by atoms with Gasteiger partial charge in [0.05, 0.1) is 20.8 Å². The van der Waals surface area contributed by atoms with Crippen LogP contribution in [0.2, 0.25) is 0 Å². The van der Waals surface area contributed by atoms with Gasteiger partial charge >= 0.3 is 0 Å². The molecule has 0 aliphatic carbocycles. The van der Waals surface area contributed by atoms with Crippen molar-refractivity contribution in [2.75, 3.05) is 5.32 Å². The van der Waals surface area contributed by atoms with E-state index in [0.29, 0.717) is 11.5 Å². The largest absolute Gasteiger partial charge is 0.319 e. The maximum Gasteiger partial charge on any atom is 0.284 e. The van der Waals surface area contributed by atoms with Crippen molar-refractivity contribution in [1.82, 2.24) is 20.2 Å². The fourth-order valence-electron chi connectivity index (χ4n) is 2.20. The quantitative estimate of drug-likeness (QED) is 0.512. The molecule has 3 rings (SSSR count). The number of nitrogens with one attached hydrogen (secondary N) is 1. The molecule has 0 spiro atoms. The van der Waals surface area contributed by atoms with Crippen LogP contribution in [0.15, 0.2) is 40.9 Å². The van der Waals surface area contributed by atoms with Gasteiger partial charge in [-0.15, -0.1) is 5.10 Å². The van der Waals surface area contributed by atoms with E-state index in [1.165, 1.54) is 28.9 Å². The first-order valence-electron chi connectivity index (χ1n) is 7.17. The van der Waals surface area contributed by atoms with E-state index in [-0.39, 0.29) is 21.4 Å². The van der Waals surface area contributed by atoms with Gasteiger partial charge in [0.15, 0.2) is 5.82 Å². The molecular weight excluding hydrogens is 411 g/mol. The lowest BCUT2D eigenvalue weighted by molar-refractivity contribution is -0.385. The minimum atomic E-state index is -0.690. The zero-order chi connectivity index (χ0) is 18.8. The summed E-state index contributed by atoms with van der Waals surface area (Å²) in [6.07, 6.45) is 0. The van der Waals surface area contributed by atoms with Gasteiger partial charge < -0.3 is 5.32 Å². The van der Waals surface area contributed by atoms with E-state index < -0.39 is 16.6 Å². The van der Waals surface area contributed by atoms with Crippen molar-refractivity contribution in [2.24, 2.45) is 0 Å². The minimum absolute atomic E-state index is 0.0170. The number of carbonyl (C=O) groups is 1. The summed E-state index contributed by atoms with van der Waals surface area (Å²) < 4.78 is 15.7. The second-order valence-corrected chi connectivity index (χ2v) is 6.03. The van der Waals surface area contributed by atoms with Gasteiger partial charge in [0.1, 0.15) is 5.82 Å². The zero-order valence-electron chi connectivity index (χ0n) is 13.2. The third-order valence-corrected chi connectivity index (χ3v) is 4.14. The molecule has 1 amide bonds. The normalized spacial score (nSPS) is 10.6. The highest BCUT2D eigenvalue weighted by Crippen LogP contribution is 2.26. The lowest BCUT2D eigenvalue weighted by atomic mass is 10.2. The summed E-state index contributed by atoms with van der Waals surface area (Å²) in [7, 11) is 0. The maximum atomic E-state index is 14.1. The average Bonchev–Trinajstić information content (AvgIpc) is 3.03. The Kier molecular flexibility index (Phi) is 4.71. The summed E-state index contributed by atoms with van der Waals surface area (Å²) >= 11 is 3.04. The van der Waals surface area contributed by atoms with E-state index in [1.807, 2.05) is 0 Å². The molecule has 11 heteroatoms. The van der Waals surface area contributed by atoms with Crippen LogP contribution in [0.4, 0.5) is 15.8 Å². The van der Waals surface area contributed by atoms with Gasteiger partial charge in [-0.05, 0) is 63.6 Å². The minimum Gasteiger partial charge on any atom is -0.319 e. The van der Waals surface area contributed by atoms with Crippen LogP contribution in [0.5, 0.6) is 0 Å². The Morgan fingerprint density at radius 3 is 2.73 bits per heavy atom. The van der Waals surface area contributed by atoms with Crippen LogP contribution in [0.1, 0.15) is 16.2 Å². The number of rotatable bonds is 4. The van der Waals surface area contributed by atoms with Gasteiger partial charge in [-0.25, -0.2) is 4.39 Å². The van der Waals surface area contributed by atoms with Gasteiger partial charge in [-0.3, -0.25) is 14.9 Å². The zero-order valence-corrected chi connectivity index (χ0v) is 14.8. The number of benzene rings is 2. The predicted molar refractivity (Wildman–Crippen MR) is 92.6 cm³/mol. The van der Waals surface area contributed by atoms with Crippen molar-refractivity contribution in [2.45, 2.75) is 6.92 Å². The van der Waals surface area contributed by atoms with Crippen molar-refractivity contribution in [3.8, 4) is 5.69 Å². The lowest BCUT2D eigenvalue weighted by Crippen LogP contribution is -2.14. The summed E-state index contributed by atoms with van der Waals surface area (Å²) in [4.78, 5) is 22.7. The summed E-state index contributed by atoms with van der Waals surface area (Å²) in [5, 5.41) is 24.4. The van der Waals surface area contributed by atoms with E-state index in [2.05, 4.69) is 36.8 Å². The van der Waals surface area contributed by atoms with Gasteiger partial charge in [-0.1, -0.05) is 0 Å². The molecular formula is C15H10BrFN6O3. The van der Waals surface area contributed by atoms with Gasteiger partial charge in [0.2, 0.25) is 0 Å². The number of halogens is 2. The fraction of sp³-hybridized carbons (Fsp3) is 0.0667. The van der Waals surface area contributed by atoms with E-state index in [0.717, 1.165) is 12.1 Å². The van der Waals surface area contributed by atoms with E-state index >= 15 is 0 Å². The van der Waals surface area contributed by atoms with Crippen LogP contribution in [0, 0.1) is 22.9 Å². The number of amides is 1. The molecule has 0 saturated carbocycles. The van der Waals surface area contributed by atoms with Crippen molar-refractivity contribution in [1.29, 1.82) is 0 Å². The highest BCUT2D eigenvalue weighted by molar-refractivity contribution is 9.10. The van der Waals surface area contributed by atoms with Gasteiger partial charge in [0.25, 0.3) is 11.6 Å². The first-order chi connectivity index (χ1) is 12.4. The van der Waals surface area contributed by atoms with Gasteiger partial charge in [0, 0.05) is 11.6 Å². The second kappa shape index (κ2) is 6.96. The molecule has 0 atom stereocenters. The molecule has 0 unspecified atom stereocenters. The van der Waals surface area contributed by atoms with Crippen molar-refractivity contribution in [3.05, 3.63) is 68.2 Å². The number of nitro benzene ring substituents is 1. The molecule has 3 aromatic rings. The van der Waals surface area contributed by atoms with E-state index in [9.17, 15) is 19.3 Å². The molecule has 0 aliphatic heterocycles. The Labute approximate surface area is 154 Å². The molecule has 2 aromatic carbocycles. The average molecular weight is 421 g/mol. The Bertz CT molecular complexity index is 1020. The van der Waals surface area contributed by atoms with Gasteiger partial charge in [-0.2, -0.15) is 4.68 Å². The number of carbonyl (C=O) groups excluding carboxylic acids is 1. The highest BCUT2D eigenvalue weighted by atomic mass is 79.9. The number of anilines is 1. The third kappa shape index (κ3) is 3.42. The molecule has 9 nitrogen and oxygen atoms in total. The standard InChI is InChI=1S/C15H10BrFN6O3/c1-8-19-20-21-22(8)10-3-5-12(17)13(7-10)18-15(24)9-2-4-11(16)14(6-9)23(25)26/h2-7H,1H3,(H,18,24). The van der Waals surface area contributed by atoms with E-state index in [4.69, 9.17) is 0 Å². The van der Waals surface area contributed by atoms with Crippen LogP contribution in [-0.4, -0.2) is 31.0 Å². The molecule has 132 valence electrons. The smallest absolute Gasteiger partial charge is 0.284 e. The predicted octanol–water partition coefficient (Wildman–Crippen LogP) is 3.03. The van der Waals surface area contributed by atoms with Crippen LogP contribution in [-0.2, 0) is 0 Å². The first-order valence-corrected chi connectivity index (χ1v) is 7.96. The molecule has 1 aromatic heterocycles. The highest BCUT2D eigenvalue weighted by Gasteiger charge is 2.17. The van der Waals surface area contributed by atoms with Crippen LogP contribution >= 0.6 is 15.9 Å². The first kappa shape index (κ1) is 17.6. The Morgan fingerprint density at radius 1 is 1.31 bits per heavy atom. The van der Waals surface area contributed by atoms with E-state index in [1.54, 1.807) is 6.92 Å². The lowest BCUT2D eigenvalue weighted by Gasteiger charge is -2.09. The topological polar surface area (TPSA) is 116 Å². The molecule has 0 bridgehead atoms. The number of tetrazole rings is 1. The number of aryl methyl sites for hydroxylation is 1. The monoisotopic (exact) mass is 420 g/mol. The fourth-order valence-corrected chi connectivity index (χ4v) is 2.59. The van der Waals surface area contributed by atoms with Crippen LogP contribution in [0.25, 0.3) is 5.69 Å². The number of aromatic nitrogens is 4. The second-order valence-electron chi connectivity index (χ2n) is 5.18. The van der Waals surface area contributed by atoms with Crippen molar-refractivity contribution < 1.29 is 14.1 Å². The Hall–Kier alpha value is -3.21. The Balaban J connectivity index is 1.91. The molecule has 0 fully saturated rings. The number of nitrogens with zero attached hydrogens (tertiary/aromatic N) is 5. The van der Waals surface area contributed by atoms with Crippen molar-refractivity contribution >= 4 is 33.2 Å². The molecule has 0 radical (unpaired) electrons. The summed E-state index contributed by atoms with van der Waals surface area (Å²) in [6, 6.07) is 7.86. The van der Waals surface area contributed by atoms with Crippen molar-refractivity contribution in [3.63, 3.8) is 0 Å². The molecule has 1 heterocycles. The Morgan fingerprint density at radius 2 is 2.08 bits per heavy atom. The summed E-state index contributed by atoms with van der Waals surface area (Å²) in [5.74, 6) is -0.873. The maximum absolute atomic E-state index is 14.1. The molecule has 0 aliphatic rings. The molecule has 26 heavy (non-hydrogen) atoms. The number of hydrogen-bond acceptors (Lipinski definition) is 6. The third-order valence-electron chi connectivity index (χ3n) is 3.47. The number of hydrogen-bond donors (Lipinski definition) is 1. The van der Waals surface area contributed by atoms with Crippen LogP contribution < -0.4 is 5.32 Å². The summed E-state index contributed by atoms with van der Waals surface area (Å²) in [6.45, 7) is 1.67. The molecule has 0 saturated heterocycles.